The SMILES string of the molecule is O=c1c(OC2Cc3ccccc3C2)c(N2CCN(SCc3ccccc3)CC2)cnn1-c1ccccc1F. The third-order valence-electron chi connectivity index (χ3n) is 7.13. The molecule has 0 N–H and O–H groups in total. The molecule has 6 rings (SSSR count). The Bertz CT molecular complexity index is 1450. The average molecular weight is 529 g/mol. The Morgan fingerprint density at radius 2 is 1.50 bits per heavy atom. The Balaban J connectivity index is 1.24. The molecule has 0 bridgehead atoms. The topological polar surface area (TPSA) is 50.6 Å². The molecule has 0 unspecified atom stereocenters. The number of benzene rings is 3. The number of para-hydroxylation sites is 1. The van der Waals surface area contributed by atoms with Gasteiger partial charge in [0.2, 0.25) is 5.75 Å². The Morgan fingerprint density at radius 3 is 2.21 bits per heavy atom. The van der Waals surface area contributed by atoms with E-state index in [-0.39, 0.29) is 17.5 Å². The van der Waals surface area contributed by atoms with Gasteiger partial charge in [0.1, 0.15) is 23.3 Å². The molecule has 4 aromatic rings. The maximum absolute atomic E-state index is 14.6. The van der Waals surface area contributed by atoms with Gasteiger partial charge in [-0.1, -0.05) is 78.7 Å². The molecular formula is C30H29FN4O2S. The number of nitrogens with zero attached hydrogens (tertiary/aromatic N) is 4. The molecule has 0 saturated carbocycles. The Morgan fingerprint density at radius 1 is 0.842 bits per heavy atom. The molecule has 1 saturated heterocycles. The van der Waals surface area contributed by atoms with E-state index in [9.17, 15) is 9.18 Å². The van der Waals surface area contributed by atoms with Crippen molar-refractivity contribution < 1.29 is 9.13 Å². The second kappa shape index (κ2) is 11.0. The molecule has 0 amide bonds. The predicted molar refractivity (Wildman–Crippen MR) is 150 cm³/mol. The molecule has 3 aromatic carbocycles. The summed E-state index contributed by atoms with van der Waals surface area (Å²) in [5.74, 6) is 0.669. The van der Waals surface area contributed by atoms with Gasteiger partial charge >= 0.3 is 5.56 Å². The molecule has 194 valence electrons. The van der Waals surface area contributed by atoms with Crippen molar-refractivity contribution >= 4 is 17.6 Å². The number of piperazine rings is 1. The standard InChI is InChI=1S/C30H29FN4O2S/c31-26-12-6-7-13-27(26)35-30(36)29(37-25-18-23-10-4-5-11-24(23)19-25)28(20-32-35)33-14-16-34(17-15-33)38-21-22-8-2-1-3-9-22/h1-13,20,25H,14-19,21H2. The summed E-state index contributed by atoms with van der Waals surface area (Å²) in [5, 5.41) is 4.38. The van der Waals surface area contributed by atoms with Crippen molar-refractivity contribution in [1.82, 2.24) is 14.1 Å². The second-order valence-corrected chi connectivity index (χ2v) is 10.7. The van der Waals surface area contributed by atoms with Crippen LogP contribution in [-0.2, 0) is 18.6 Å². The maximum Gasteiger partial charge on any atom is 0.316 e. The molecule has 1 fully saturated rings. The quantitative estimate of drug-likeness (QED) is 0.319. The lowest BCUT2D eigenvalue weighted by molar-refractivity contribution is 0.209. The zero-order valence-corrected chi connectivity index (χ0v) is 21.8. The van der Waals surface area contributed by atoms with Gasteiger partial charge in [-0.25, -0.2) is 8.70 Å². The molecule has 8 heteroatoms. The van der Waals surface area contributed by atoms with E-state index in [0.29, 0.717) is 5.69 Å². The minimum Gasteiger partial charge on any atom is -0.482 e. The van der Waals surface area contributed by atoms with Crippen LogP contribution in [0.25, 0.3) is 5.69 Å². The van der Waals surface area contributed by atoms with Crippen molar-refractivity contribution in [2.75, 3.05) is 31.1 Å². The summed E-state index contributed by atoms with van der Waals surface area (Å²) in [4.78, 5) is 15.9. The van der Waals surface area contributed by atoms with Crippen LogP contribution in [0.5, 0.6) is 5.75 Å². The summed E-state index contributed by atoms with van der Waals surface area (Å²) in [7, 11) is 0. The van der Waals surface area contributed by atoms with Crippen LogP contribution in [0.1, 0.15) is 16.7 Å². The highest BCUT2D eigenvalue weighted by Gasteiger charge is 2.29. The van der Waals surface area contributed by atoms with Gasteiger partial charge in [0, 0.05) is 44.8 Å². The first kappa shape index (κ1) is 24.7. The highest BCUT2D eigenvalue weighted by molar-refractivity contribution is 7.96. The zero-order valence-electron chi connectivity index (χ0n) is 21.0. The van der Waals surface area contributed by atoms with E-state index in [2.05, 4.69) is 50.7 Å². The van der Waals surface area contributed by atoms with E-state index in [4.69, 9.17) is 4.74 Å². The van der Waals surface area contributed by atoms with Gasteiger partial charge in [-0.15, -0.1) is 0 Å². The van der Waals surface area contributed by atoms with E-state index in [0.717, 1.165) is 49.5 Å². The average Bonchev–Trinajstić information content (AvgIpc) is 3.37. The number of rotatable bonds is 7. The number of hydrogen-bond donors (Lipinski definition) is 0. The van der Waals surface area contributed by atoms with Crippen molar-refractivity contribution in [3.63, 3.8) is 0 Å². The summed E-state index contributed by atoms with van der Waals surface area (Å²) in [6.07, 6.45) is 2.97. The predicted octanol–water partition coefficient (Wildman–Crippen LogP) is 4.89. The van der Waals surface area contributed by atoms with Crippen LogP contribution >= 0.6 is 11.9 Å². The second-order valence-electron chi connectivity index (χ2n) is 9.62. The molecule has 1 aromatic heterocycles. The van der Waals surface area contributed by atoms with Crippen molar-refractivity contribution in [3.05, 3.63) is 118 Å². The molecule has 2 heterocycles. The van der Waals surface area contributed by atoms with Gasteiger partial charge in [0.15, 0.2) is 0 Å². The highest BCUT2D eigenvalue weighted by Crippen LogP contribution is 2.31. The molecule has 1 aliphatic heterocycles. The summed E-state index contributed by atoms with van der Waals surface area (Å²) >= 11 is 1.83. The summed E-state index contributed by atoms with van der Waals surface area (Å²) < 4.78 is 24.5. The van der Waals surface area contributed by atoms with E-state index in [1.165, 1.54) is 22.8 Å². The van der Waals surface area contributed by atoms with Crippen molar-refractivity contribution in [3.8, 4) is 11.4 Å². The maximum atomic E-state index is 14.6. The minimum absolute atomic E-state index is 0.116. The molecular weight excluding hydrogens is 499 g/mol. The normalized spacial score (nSPS) is 16.0. The fourth-order valence-electron chi connectivity index (χ4n) is 5.13. The Labute approximate surface area is 225 Å². The van der Waals surface area contributed by atoms with Crippen LogP contribution < -0.4 is 15.2 Å². The molecule has 0 atom stereocenters. The molecule has 1 aliphatic carbocycles. The first-order valence-electron chi connectivity index (χ1n) is 12.9. The van der Waals surface area contributed by atoms with Crippen molar-refractivity contribution in [2.45, 2.75) is 24.7 Å². The van der Waals surface area contributed by atoms with Crippen LogP contribution in [0.2, 0.25) is 0 Å². The largest absolute Gasteiger partial charge is 0.482 e. The molecule has 38 heavy (non-hydrogen) atoms. The summed E-state index contributed by atoms with van der Waals surface area (Å²) in [6.45, 7) is 3.19. The lowest BCUT2D eigenvalue weighted by atomic mass is 10.1. The Hall–Kier alpha value is -3.62. The number of fused-ring (bicyclic) bond motifs is 1. The van der Waals surface area contributed by atoms with E-state index in [1.807, 2.05) is 30.1 Å². The fourth-order valence-corrected chi connectivity index (χ4v) is 6.07. The van der Waals surface area contributed by atoms with Crippen LogP contribution in [-0.4, -0.2) is 46.4 Å². The van der Waals surface area contributed by atoms with Gasteiger partial charge in [0.25, 0.3) is 0 Å². The number of ether oxygens (including phenoxy) is 1. The van der Waals surface area contributed by atoms with Gasteiger partial charge in [-0.05, 0) is 28.8 Å². The van der Waals surface area contributed by atoms with Crippen LogP contribution in [0.4, 0.5) is 10.1 Å². The van der Waals surface area contributed by atoms with E-state index >= 15 is 0 Å². The van der Waals surface area contributed by atoms with Gasteiger partial charge in [-0.3, -0.25) is 4.79 Å². The third kappa shape index (κ3) is 5.19. The van der Waals surface area contributed by atoms with Crippen LogP contribution in [0, 0.1) is 5.82 Å². The first-order valence-corrected chi connectivity index (χ1v) is 13.9. The zero-order chi connectivity index (χ0) is 25.9. The lowest BCUT2D eigenvalue weighted by Crippen LogP contribution is -2.44. The number of aromatic nitrogens is 2. The summed E-state index contributed by atoms with van der Waals surface area (Å²) in [5.41, 5.74) is 4.13. The number of halogens is 1. The number of anilines is 1. The molecule has 0 spiro atoms. The molecule has 2 aliphatic rings. The van der Waals surface area contributed by atoms with Crippen molar-refractivity contribution in [2.24, 2.45) is 0 Å². The molecule has 6 nitrogen and oxygen atoms in total. The summed E-state index contributed by atoms with van der Waals surface area (Å²) in [6, 6.07) is 24.9. The Kier molecular flexibility index (Phi) is 7.16. The van der Waals surface area contributed by atoms with Crippen LogP contribution in [0.3, 0.4) is 0 Å². The monoisotopic (exact) mass is 528 g/mol. The lowest BCUT2D eigenvalue weighted by Gasteiger charge is -2.36. The van der Waals surface area contributed by atoms with Gasteiger partial charge in [0.05, 0.1) is 6.20 Å². The highest BCUT2D eigenvalue weighted by atomic mass is 32.2. The molecule has 0 radical (unpaired) electrons. The van der Waals surface area contributed by atoms with Crippen LogP contribution in [0.15, 0.2) is 89.9 Å². The van der Waals surface area contributed by atoms with Crippen molar-refractivity contribution in [1.29, 1.82) is 0 Å². The minimum atomic E-state index is -0.502. The first-order chi connectivity index (χ1) is 18.7. The van der Waals surface area contributed by atoms with E-state index < -0.39 is 11.4 Å². The van der Waals surface area contributed by atoms with Gasteiger partial charge in [-0.2, -0.15) is 9.78 Å². The smallest absolute Gasteiger partial charge is 0.316 e. The fraction of sp³-hybridized carbons (Fsp3) is 0.267. The van der Waals surface area contributed by atoms with Gasteiger partial charge < -0.3 is 9.64 Å². The van der Waals surface area contributed by atoms with E-state index in [1.54, 1.807) is 24.4 Å². The third-order valence-corrected chi connectivity index (χ3v) is 8.32. The number of hydrogen-bond acceptors (Lipinski definition) is 6.